The number of amides is 1. The highest BCUT2D eigenvalue weighted by molar-refractivity contribution is 14.1. The summed E-state index contributed by atoms with van der Waals surface area (Å²) in [6.07, 6.45) is 2.44. The summed E-state index contributed by atoms with van der Waals surface area (Å²) < 4.78 is 23.4. The molecule has 3 aromatic rings. The first-order valence-electron chi connectivity index (χ1n) is 11.1. The van der Waals surface area contributed by atoms with Gasteiger partial charge in [-0.15, -0.1) is 0 Å². The molecule has 0 spiro atoms. The first kappa shape index (κ1) is 26.3. The SMILES string of the molecule is CCCOc1ccc(C(=O)N/N=C/c2cc(I)c(OCc3ccc(C)cc3)c(OC)c2)cc1OC. The highest BCUT2D eigenvalue weighted by Gasteiger charge is 2.13. The lowest BCUT2D eigenvalue weighted by atomic mass is 10.2. The molecule has 0 aromatic heterocycles. The Morgan fingerprint density at radius 1 is 0.971 bits per heavy atom. The van der Waals surface area contributed by atoms with Crippen molar-refractivity contribution >= 4 is 34.7 Å². The van der Waals surface area contributed by atoms with E-state index in [2.05, 4.69) is 52.2 Å². The van der Waals surface area contributed by atoms with Crippen LogP contribution in [-0.2, 0) is 6.61 Å². The molecule has 0 aliphatic rings. The fourth-order valence-corrected chi connectivity index (χ4v) is 3.95. The van der Waals surface area contributed by atoms with E-state index in [-0.39, 0.29) is 5.91 Å². The molecule has 0 saturated heterocycles. The van der Waals surface area contributed by atoms with Crippen LogP contribution in [0.3, 0.4) is 0 Å². The minimum atomic E-state index is -0.360. The summed E-state index contributed by atoms with van der Waals surface area (Å²) in [5.41, 5.74) is 5.99. The van der Waals surface area contributed by atoms with Crippen molar-refractivity contribution in [3.05, 3.63) is 80.4 Å². The Balaban J connectivity index is 1.66. The van der Waals surface area contributed by atoms with Crippen LogP contribution in [-0.4, -0.2) is 32.9 Å². The zero-order valence-electron chi connectivity index (χ0n) is 20.3. The van der Waals surface area contributed by atoms with Gasteiger partial charge >= 0.3 is 0 Å². The molecule has 0 atom stereocenters. The second-order valence-corrected chi connectivity index (χ2v) is 8.88. The third kappa shape index (κ3) is 7.35. The van der Waals surface area contributed by atoms with Crippen LogP contribution in [0.1, 0.15) is 40.4 Å². The van der Waals surface area contributed by atoms with E-state index in [4.69, 9.17) is 18.9 Å². The van der Waals surface area contributed by atoms with E-state index in [1.54, 1.807) is 31.5 Å². The van der Waals surface area contributed by atoms with Crippen molar-refractivity contribution in [1.29, 1.82) is 0 Å². The van der Waals surface area contributed by atoms with Gasteiger partial charge in [0.25, 0.3) is 5.91 Å². The van der Waals surface area contributed by atoms with Crippen molar-refractivity contribution in [3.8, 4) is 23.0 Å². The molecular formula is C27H29IN2O5. The second-order valence-electron chi connectivity index (χ2n) is 7.72. The first-order chi connectivity index (χ1) is 16.9. The van der Waals surface area contributed by atoms with Crippen LogP contribution < -0.4 is 24.4 Å². The third-order valence-corrected chi connectivity index (χ3v) is 5.82. The maximum Gasteiger partial charge on any atom is 0.271 e. The van der Waals surface area contributed by atoms with Crippen LogP contribution in [0.15, 0.2) is 59.7 Å². The number of aryl methyl sites for hydroxylation is 1. The largest absolute Gasteiger partial charge is 0.493 e. The fourth-order valence-electron chi connectivity index (χ4n) is 3.16. The Morgan fingerprint density at radius 3 is 2.40 bits per heavy atom. The molecule has 7 nitrogen and oxygen atoms in total. The van der Waals surface area contributed by atoms with Gasteiger partial charge in [0, 0.05) is 5.56 Å². The predicted octanol–water partition coefficient (Wildman–Crippen LogP) is 5.75. The number of nitrogens with one attached hydrogen (secondary N) is 1. The van der Waals surface area contributed by atoms with Crippen LogP contribution in [0.25, 0.3) is 0 Å². The van der Waals surface area contributed by atoms with Crippen LogP contribution in [0.5, 0.6) is 23.0 Å². The third-order valence-electron chi connectivity index (χ3n) is 5.02. The minimum absolute atomic E-state index is 0.360. The molecule has 0 aliphatic carbocycles. The number of hydrogen-bond acceptors (Lipinski definition) is 6. The zero-order chi connectivity index (χ0) is 25.2. The number of rotatable bonds is 11. The summed E-state index contributed by atoms with van der Waals surface area (Å²) >= 11 is 2.20. The van der Waals surface area contributed by atoms with Crippen LogP contribution in [0.2, 0.25) is 0 Å². The van der Waals surface area contributed by atoms with E-state index in [1.807, 2.05) is 31.2 Å². The number of nitrogens with zero attached hydrogens (tertiary/aromatic N) is 1. The van der Waals surface area contributed by atoms with Crippen molar-refractivity contribution in [2.45, 2.75) is 26.9 Å². The zero-order valence-corrected chi connectivity index (χ0v) is 22.4. The molecule has 0 heterocycles. The highest BCUT2D eigenvalue weighted by Crippen LogP contribution is 2.34. The van der Waals surface area contributed by atoms with Crippen molar-refractivity contribution in [2.75, 3.05) is 20.8 Å². The summed E-state index contributed by atoms with van der Waals surface area (Å²) in [5.74, 6) is 1.98. The van der Waals surface area contributed by atoms with Gasteiger partial charge in [-0.3, -0.25) is 4.79 Å². The number of hydrogen-bond donors (Lipinski definition) is 1. The van der Waals surface area contributed by atoms with Crippen molar-refractivity contribution in [1.82, 2.24) is 5.43 Å². The molecule has 0 radical (unpaired) electrons. The van der Waals surface area contributed by atoms with Gasteiger partial charge < -0.3 is 18.9 Å². The van der Waals surface area contributed by atoms with E-state index in [9.17, 15) is 4.79 Å². The lowest BCUT2D eigenvalue weighted by molar-refractivity contribution is 0.0954. The Morgan fingerprint density at radius 2 is 1.71 bits per heavy atom. The van der Waals surface area contributed by atoms with E-state index < -0.39 is 0 Å². The van der Waals surface area contributed by atoms with Crippen molar-refractivity contribution in [3.63, 3.8) is 0 Å². The Kier molecular flexibility index (Phi) is 9.77. The van der Waals surface area contributed by atoms with E-state index in [1.165, 1.54) is 12.7 Å². The molecule has 184 valence electrons. The smallest absolute Gasteiger partial charge is 0.271 e. The van der Waals surface area contributed by atoms with Gasteiger partial charge in [-0.25, -0.2) is 5.43 Å². The van der Waals surface area contributed by atoms with Gasteiger partial charge in [-0.2, -0.15) is 5.10 Å². The maximum atomic E-state index is 12.5. The first-order valence-corrected chi connectivity index (χ1v) is 12.2. The average Bonchev–Trinajstić information content (AvgIpc) is 2.87. The van der Waals surface area contributed by atoms with E-state index >= 15 is 0 Å². The van der Waals surface area contributed by atoms with Crippen LogP contribution in [0.4, 0.5) is 0 Å². The summed E-state index contributed by atoms with van der Waals surface area (Å²) in [6.45, 7) is 5.08. The number of ether oxygens (including phenoxy) is 4. The second kappa shape index (κ2) is 13.0. The molecular weight excluding hydrogens is 559 g/mol. The predicted molar refractivity (Wildman–Crippen MR) is 145 cm³/mol. The minimum Gasteiger partial charge on any atom is -0.493 e. The standard InChI is InChI=1S/C27H29IN2O5/c1-5-12-34-23-11-10-21(15-24(23)32-3)27(31)30-29-16-20-13-22(28)26(25(14-20)33-4)35-17-19-8-6-18(2)7-9-19/h6-11,13-16H,5,12,17H2,1-4H3,(H,30,31)/b29-16+. The van der Waals surface area contributed by atoms with E-state index in [0.717, 1.165) is 21.1 Å². The summed E-state index contributed by atoms with van der Waals surface area (Å²) in [7, 11) is 3.13. The normalized spacial score (nSPS) is 10.8. The monoisotopic (exact) mass is 588 g/mol. The number of benzene rings is 3. The molecule has 35 heavy (non-hydrogen) atoms. The number of hydrazone groups is 1. The van der Waals surface area contributed by atoms with Gasteiger partial charge in [-0.05, 0) is 77.4 Å². The van der Waals surface area contributed by atoms with Crippen molar-refractivity contribution < 1.29 is 23.7 Å². The lowest BCUT2D eigenvalue weighted by Gasteiger charge is -2.14. The van der Waals surface area contributed by atoms with Gasteiger partial charge in [0.1, 0.15) is 6.61 Å². The summed E-state index contributed by atoms with van der Waals surface area (Å²) in [5, 5.41) is 4.10. The Labute approximate surface area is 219 Å². The quantitative estimate of drug-likeness (QED) is 0.176. The highest BCUT2D eigenvalue weighted by atomic mass is 127. The Hall–Kier alpha value is -3.27. The molecule has 1 N–H and O–H groups in total. The molecule has 3 rings (SSSR count). The molecule has 0 bridgehead atoms. The molecule has 3 aromatic carbocycles. The van der Waals surface area contributed by atoms with Gasteiger partial charge in [0.2, 0.25) is 0 Å². The van der Waals surface area contributed by atoms with Crippen LogP contribution in [0, 0.1) is 10.5 Å². The number of halogens is 1. The maximum absolute atomic E-state index is 12.5. The topological polar surface area (TPSA) is 78.4 Å². The van der Waals surface area contributed by atoms with Gasteiger partial charge in [0.15, 0.2) is 23.0 Å². The van der Waals surface area contributed by atoms with E-state index in [0.29, 0.717) is 41.8 Å². The fraction of sp³-hybridized carbons (Fsp3) is 0.259. The van der Waals surface area contributed by atoms with Gasteiger partial charge in [0.05, 0.1) is 30.6 Å². The number of methoxy groups -OCH3 is 2. The molecule has 1 amide bonds. The van der Waals surface area contributed by atoms with Crippen LogP contribution >= 0.6 is 22.6 Å². The summed E-state index contributed by atoms with van der Waals surface area (Å²) in [4.78, 5) is 12.5. The van der Waals surface area contributed by atoms with Crippen molar-refractivity contribution in [2.24, 2.45) is 5.10 Å². The lowest BCUT2D eigenvalue weighted by Crippen LogP contribution is -2.17. The molecule has 0 aliphatic heterocycles. The molecule has 0 saturated carbocycles. The molecule has 8 heteroatoms. The van der Waals surface area contributed by atoms with Gasteiger partial charge in [-0.1, -0.05) is 36.8 Å². The average molecular weight is 588 g/mol. The number of carbonyl (C=O) groups excluding carboxylic acids is 1. The molecule has 0 unspecified atom stereocenters. The molecule has 0 fully saturated rings. The Bertz CT molecular complexity index is 1180. The number of carbonyl (C=O) groups is 1. The summed E-state index contributed by atoms with van der Waals surface area (Å²) in [6, 6.07) is 16.9.